The van der Waals surface area contributed by atoms with Gasteiger partial charge in [-0.25, -0.2) is 4.98 Å². The fourth-order valence-electron chi connectivity index (χ4n) is 3.05. The highest BCUT2D eigenvalue weighted by Crippen LogP contribution is 2.39. The van der Waals surface area contributed by atoms with Crippen molar-refractivity contribution in [1.29, 1.82) is 0 Å². The van der Waals surface area contributed by atoms with E-state index < -0.39 is 0 Å². The van der Waals surface area contributed by atoms with Gasteiger partial charge in [0.15, 0.2) is 0 Å². The minimum absolute atomic E-state index is 0.141. The first-order valence-electron chi connectivity index (χ1n) is 6.73. The number of carbonyl (C=O) groups is 1. The molecular weight excluding hydrogens is 246 g/mol. The van der Waals surface area contributed by atoms with E-state index in [9.17, 15) is 4.79 Å². The number of amides is 1. The molecule has 5 heteroatoms. The van der Waals surface area contributed by atoms with Crippen LogP contribution in [0.4, 0.5) is 0 Å². The summed E-state index contributed by atoms with van der Waals surface area (Å²) in [7, 11) is 0. The minimum Gasteiger partial charge on any atom is -0.344 e. The van der Waals surface area contributed by atoms with Crippen molar-refractivity contribution >= 4 is 17.2 Å². The van der Waals surface area contributed by atoms with Crippen LogP contribution in [0, 0.1) is 5.92 Å². The predicted octanol–water partition coefficient (Wildman–Crippen LogP) is 1.64. The number of hydrogen-bond donors (Lipinski definition) is 2. The van der Waals surface area contributed by atoms with Crippen LogP contribution < -0.4 is 10.6 Å². The third-order valence-corrected chi connectivity index (χ3v) is 5.07. The summed E-state index contributed by atoms with van der Waals surface area (Å²) in [6.07, 6.45) is 7.23. The lowest BCUT2D eigenvalue weighted by atomic mass is 9.96. The van der Waals surface area contributed by atoms with Gasteiger partial charge in [-0.05, 0) is 25.8 Å². The largest absolute Gasteiger partial charge is 0.344 e. The Morgan fingerprint density at radius 1 is 1.50 bits per heavy atom. The predicted molar refractivity (Wildman–Crippen MR) is 71.4 cm³/mol. The summed E-state index contributed by atoms with van der Waals surface area (Å²) in [6.45, 7) is 1.78. The molecule has 1 aromatic heterocycles. The number of nitrogens with zero attached hydrogens (tertiary/aromatic N) is 1. The summed E-state index contributed by atoms with van der Waals surface area (Å²) in [5.74, 6) is 0.347. The normalized spacial score (nSPS) is 26.3. The number of hydrogen-bond acceptors (Lipinski definition) is 4. The molecule has 0 radical (unpaired) electrons. The second-order valence-corrected chi connectivity index (χ2v) is 6.20. The summed E-state index contributed by atoms with van der Waals surface area (Å²) in [6, 6.07) is 0. The van der Waals surface area contributed by atoms with Crippen molar-refractivity contribution in [1.82, 2.24) is 15.6 Å². The Bertz CT molecular complexity index is 406. The Morgan fingerprint density at radius 3 is 2.94 bits per heavy atom. The van der Waals surface area contributed by atoms with E-state index in [0.717, 1.165) is 37.4 Å². The number of carbonyl (C=O) groups excluding carboxylic acids is 1. The van der Waals surface area contributed by atoms with Crippen molar-refractivity contribution in [2.45, 2.75) is 37.6 Å². The van der Waals surface area contributed by atoms with Crippen LogP contribution in [0.5, 0.6) is 0 Å². The molecule has 0 bridgehead atoms. The van der Waals surface area contributed by atoms with Gasteiger partial charge in [-0.3, -0.25) is 4.79 Å². The van der Waals surface area contributed by atoms with Gasteiger partial charge in [-0.15, -0.1) is 11.3 Å². The highest BCUT2D eigenvalue weighted by molar-refractivity contribution is 7.09. The summed E-state index contributed by atoms with van der Waals surface area (Å²) in [4.78, 5) is 16.8. The highest BCUT2D eigenvalue weighted by Gasteiger charge is 2.40. The molecule has 1 saturated carbocycles. The molecule has 0 spiro atoms. The first-order valence-corrected chi connectivity index (χ1v) is 7.61. The van der Waals surface area contributed by atoms with E-state index in [2.05, 4.69) is 15.6 Å². The summed E-state index contributed by atoms with van der Waals surface area (Å²) in [5.41, 5.74) is -0.173. The van der Waals surface area contributed by atoms with Gasteiger partial charge in [0.1, 0.15) is 5.01 Å². The summed E-state index contributed by atoms with van der Waals surface area (Å²) in [5, 5.41) is 9.64. The van der Waals surface area contributed by atoms with Crippen LogP contribution in [0.1, 0.15) is 37.1 Å². The maximum Gasteiger partial charge on any atom is 0.225 e. The Hall–Kier alpha value is -0.940. The second-order valence-electron chi connectivity index (χ2n) is 5.31. The molecule has 4 nitrogen and oxygen atoms in total. The van der Waals surface area contributed by atoms with Crippen LogP contribution in [0.25, 0.3) is 0 Å². The molecule has 0 aromatic carbocycles. The van der Waals surface area contributed by atoms with E-state index in [1.54, 1.807) is 11.3 Å². The molecule has 98 valence electrons. The van der Waals surface area contributed by atoms with Crippen LogP contribution in [-0.2, 0) is 10.3 Å². The maximum absolute atomic E-state index is 12.3. The monoisotopic (exact) mass is 265 g/mol. The SMILES string of the molecule is O=C(NC1(c2nccs2)CCCC1)C1CCNC1. The topological polar surface area (TPSA) is 54.0 Å². The van der Waals surface area contributed by atoms with Crippen molar-refractivity contribution in [2.24, 2.45) is 5.92 Å². The van der Waals surface area contributed by atoms with Crippen molar-refractivity contribution in [2.75, 3.05) is 13.1 Å². The molecule has 1 amide bonds. The van der Waals surface area contributed by atoms with Gasteiger partial charge in [0.25, 0.3) is 0 Å². The molecule has 1 aliphatic heterocycles. The fourth-order valence-corrected chi connectivity index (χ4v) is 3.90. The van der Waals surface area contributed by atoms with E-state index >= 15 is 0 Å². The van der Waals surface area contributed by atoms with Crippen molar-refractivity contribution in [3.05, 3.63) is 16.6 Å². The molecule has 3 rings (SSSR count). The number of rotatable bonds is 3. The lowest BCUT2D eigenvalue weighted by molar-refractivity contribution is -0.126. The van der Waals surface area contributed by atoms with Crippen LogP contribution >= 0.6 is 11.3 Å². The average molecular weight is 265 g/mol. The molecule has 1 atom stereocenters. The molecule has 2 heterocycles. The van der Waals surface area contributed by atoms with E-state index in [4.69, 9.17) is 0 Å². The molecule has 1 saturated heterocycles. The minimum atomic E-state index is -0.173. The zero-order valence-corrected chi connectivity index (χ0v) is 11.3. The third kappa shape index (κ3) is 2.17. The van der Waals surface area contributed by atoms with E-state index in [-0.39, 0.29) is 17.4 Å². The van der Waals surface area contributed by atoms with E-state index in [1.807, 2.05) is 11.6 Å². The molecular formula is C13H19N3OS. The van der Waals surface area contributed by atoms with Gasteiger partial charge >= 0.3 is 0 Å². The summed E-state index contributed by atoms with van der Waals surface area (Å²) >= 11 is 1.66. The lowest BCUT2D eigenvalue weighted by Gasteiger charge is -2.29. The van der Waals surface area contributed by atoms with Crippen LogP contribution in [0.3, 0.4) is 0 Å². The number of nitrogens with one attached hydrogen (secondary N) is 2. The van der Waals surface area contributed by atoms with E-state index in [1.165, 1.54) is 12.8 Å². The number of aromatic nitrogens is 1. The van der Waals surface area contributed by atoms with Crippen molar-refractivity contribution in [3.63, 3.8) is 0 Å². The molecule has 18 heavy (non-hydrogen) atoms. The second kappa shape index (κ2) is 4.97. The van der Waals surface area contributed by atoms with Crippen molar-refractivity contribution in [3.8, 4) is 0 Å². The Balaban J connectivity index is 1.76. The van der Waals surface area contributed by atoms with Gasteiger partial charge in [-0.1, -0.05) is 12.8 Å². The first kappa shape index (κ1) is 12.1. The quantitative estimate of drug-likeness (QED) is 0.873. The zero-order valence-electron chi connectivity index (χ0n) is 10.4. The summed E-state index contributed by atoms with van der Waals surface area (Å²) < 4.78 is 0. The molecule has 2 fully saturated rings. The van der Waals surface area contributed by atoms with Crippen molar-refractivity contribution < 1.29 is 4.79 Å². The van der Waals surface area contributed by atoms with E-state index in [0.29, 0.717) is 0 Å². The fraction of sp³-hybridized carbons (Fsp3) is 0.692. The molecule has 2 N–H and O–H groups in total. The molecule has 1 aliphatic carbocycles. The Kier molecular flexibility index (Phi) is 3.35. The molecule has 1 unspecified atom stereocenters. The van der Waals surface area contributed by atoms with Crippen LogP contribution in [0.15, 0.2) is 11.6 Å². The maximum atomic E-state index is 12.3. The highest BCUT2D eigenvalue weighted by atomic mass is 32.1. The van der Waals surface area contributed by atoms with Crippen LogP contribution in [-0.4, -0.2) is 24.0 Å². The third-order valence-electron chi connectivity index (χ3n) is 4.09. The van der Waals surface area contributed by atoms with Gasteiger partial charge in [0, 0.05) is 18.1 Å². The molecule has 2 aliphatic rings. The molecule has 1 aromatic rings. The lowest BCUT2D eigenvalue weighted by Crippen LogP contribution is -2.46. The number of thiazole rings is 1. The van der Waals surface area contributed by atoms with Gasteiger partial charge in [-0.2, -0.15) is 0 Å². The standard InChI is InChI=1S/C13H19N3OS/c17-11(10-3-6-14-9-10)16-13(4-1-2-5-13)12-15-7-8-18-12/h7-8,10,14H,1-6,9H2,(H,16,17). The average Bonchev–Trinajstić information content (AvgIpc) is 3.12. The van der Waals surface area contributed by atoms with Gasteiger partial charge < -0.3 is 10.6 Å². The zero-order chi connectivity index (χ0) is 12.4. The Labute approximate surface area is 111 Å². The smallest absolute Gasteiger partial charge is 0.225 e. The van der Waals surface area contributed by atoms with Gasteiger partial charge in [0.05, 0.1) is 11.5 Å². The first-order chi connectivity index (χ1) is 8.80. The van der Waals surface area contributed by atoms with Gasteiger partial charge in [0.2, 0.25) is 5.91 Å². The van der Waals surface area contributed by atoms with Crippen LogP contribution in [0.2, 0.25) is 0 Å². The Morgan fingerprint density at radius 2 is 2.33 bits per heavy atom.